The summed E-state index contributed by atoms with van der Waals surface area (Å²) >= 11 is 3.73. The molecule has 0 aromatic rings. The van der Waals surface area contributed by atoms with Crippen molar-refractivity contribution in [1.82, 2.24) is 0 Å². The van der Waals surface area contributed by atoms with E-state index in [0.717, 1.165) is 6.61 Å². The number of hydrogen-bond donors (Lipinski definition) is 0. The summed E-state index contributed by atoms with van der Waals surface area (Å²) in [5.74, 6) is 0. The summed E-state index contributed by atoms with van der Waals surface area (Å²) in [6.07, 6.45) is 8.66. The van der Waals surface area contributed by atoms with Gasteiger partial charge >= 0.3 is 0 Å². The molecule has 13 heavy (non-hydrogen) atoms. The molecule has 1 aliphatic carbocycles. The monoisotopic (exact) mass is 246 g/mol. The van der Waals surface area contributed by atoms with Gasteiger partial charge in [-0.25, -0.2) is 0 Å². The maximum absolute atomic E-state index is 5.64. The second-order valence-corrected chi connectivity index (χ2v) is 6.03. The van der Waals surface area contributed by atoms with Crippen LogP contribution < -0.4 is 0 Å². The maximum atomic E-state index is 5.64. The smallest absolute Gasteiger partial charge is 0.0576 e. The average molecular weight is 247 g/mol. The number of hydrogen-bond acceptors (Lipinski definition) is 1. The molecule has 2 aliphatic rings. The lowest BCUT2D eigenvalue weighted by Gasteiger charge is -2.19. The summed E-state index contributed by atoms with van der Waals surface area (Å²) in [6, 6.07) is 0. The van der Waals surface area contributed by atoms with Crippen molar-refractivity contribution in [3.8, 4) is 0 Å². The van der Waals surface area contributed by atoms with E-state index in [0.29, 0.717) is 16.3 Å². The molecule has 0 spiro atoms. The van der Waals surface area contributed by atoms with E-state index in [1.54, 1.807) is 0 Å². The van der Waals surface area contributed by atoms with Crippen molar-refractivity contribution < 1.29 is 4.74 Å². The van der Waals surface area contributed by atoms with Gasteiger partial charge in [-0.3, -0.25) is 0 Å². The fourth-order valence-electron chi connectivity index (χ4n) is 2.33. The minimum absolute atomic E-state index is 0.587. The van der Waals surface area contributed by atoms with Crippen molar-refractivity contribution in [1.29, 1.82) is 0 Å². The SMILES string of the molecule is CC(Br)C1(CCC2CCCO2)CC1. The first-order valence-electron chi connectivity index (χ1n) is 5.49. The van der Waals surface area contributed by atoms with Crippen molar-refractivity contribution in [3.63, 3.8) is 0 Å². The number of rotatable bonds is 4. The highest BCUT2D eigenvalue weighted by atomic mass is 79.9. The van der Waals surface area contributed by atoms with Crippen LogP contribution in [0.1, 0.15) is 45.4 Å². The van der Waals surface area contributed by atoms with Crippen LogP contribution in [-0.2, 0) is 4.74 Å². The lowest BCUT2D eigenvalue weighted by atomic mass is 9.94. The van der Waals surface area contributed by atoms with Crippen LogP contribution in [-0.4, -0.2) is 17.5 Å². The standard InChI is InChI=1S/C11H19BrO/c1-9(12)11(6-7-11)5-4-10-3-2-8-13-10/h9-10H,2-8H2,1H3. The van der Waals surface area contributed by atoms with Crippen LogP contribution in [0.2, 0.25) is 0 Å². The lowest BCUT2D eigenvalue weighted by Crippen LogP contribution is -2.15. The van der Waals surface area contributed by atoms with E-state index in [4.69, 9.17) is 4.74 Å². The van der Waals surface area contributed by atoms with Crippen LogP contribution in [0.5, 0.6) is 0 Å². The number of ether oxygens (including phenoxy) is 1. The molecule has 2 unspecified atom stereocenters. The van der Waals surface area contributed by atoms with Gasteiger partial charge in [0.1, 0.15) is 0 Å². The van der Waals surface area contributed by atoms with Crippen molar-refractivity contribution in [2.75, 3.05) is 6.61 Å². The fraction of sp³-hybridized carbons (Fsp3) is 1.00. The molecule has 1 saturated heterocycles. The zero-order valence-corrected chi connectivity index (χ0v) is 9.98. The third-order valence-electron chi connectivity index (χ3n) is 3.72. The van der Waals surface area contributed by atoms with E-state index in [2.05, 4.69) is 22.9 Å². The predicted molar refractivity (Wildman–Crippen MR) is 58.3 cm³/mol. The summed E-state index contributed by atoms with van der Waals surface area (Å²) in [7, 11) is 0. The van der Waals surface area contributed by atoms with Gasteiger partial charge in [0.05, 0.1) is 6.10 Å². The Bertz CT molecular complexity index is 169. The first-order chi connectivity index (χ1) is 6.23. The molecule has 76 valence electrons. The van der Waals surface area contributed by atoms with E-state index in [-0.39, 0.29) is 0 Å². The summed E-state index contributed by atoms with van der Waals surface area (Å²) < 4.78 is 5.64. The van der Waals surface area contributed by atoms with Crippen LogP contribution in [0.3, 0.4) is 0 Å². The van der Waals surface area contributed by atoms with Crippen LogP contribution in [0.25, 0.3) is 0 Å². The zero-order valence-electron chi connectivity index (χ0n) is 8.39. The summed E-state index contributed by atoms with van der Waals surface area (Å²) in [5, 5.41) is 0. The highest BCUT2D eigenvalue weighted by Gasteiger charge is 2.46. The molecule has 1 heterocycles. The molecule has 2 rings (SSSR count). The molecule has 0 aromatic carbocycles. The molecular formula is C11H19BrO. The van der Waals surface area contributed by atoms with E-state index in [9.17, 15) is 0 Å². The van der Waals surface area contributed by atoms with Gasteiger partial charge in [-0.1, -0.05) is 22.9 Å². The Morgan fingerprint density at radius 3 is 2.77 bits per heavy atom. The van der Waals surface area contributed by atoms with Gasteiger partial charge in [0.15, 0.2) is 0 Å². The molecule has 1 nitrogen and oxygen atoms in total. The Hall–Kier alpha value is 0.440. The predicted octanol–water partition coefficient (Wildman–Crippen LogP) is 3.51. The zero-order chi connectivity index (χ0) is 9.31. The topological polar surface area (TPSA) is 9.23 Å². The largest absolute Gasteiger partial charge is 0.378 e. The fourth-order valence-corrected chi connectivity index (χ4v) is 3.01. The van der Waals surface area contributed by atoms with Gasteiger partial charge in [-0.2, -0.15) is 0 Å². The second kappa shape index (κ2) is 3.90. The van der Waals surface area contributed by atoms with E-state index in [1.807, 2.05) is 0 Å². The van der Waals surface area contributed by atoms with Gasteiger partial charge < -0.3 is 4.74 Å². The quantitative estimate of drug-likeness (QED) is 0.691. The Balaban J connectivity index is 1.72. The Labute approximate surface area is 89.4 Å². The first-order valence-corrected chi connectivity index (χ1v) is 6.40. The van der Waals surface area contributed by atoms with Crippen molar-refractivity contribution in [3.05, 3.63) is 0 Å². The van der Waals surface area contributed by atoms with Gasteiger partial charge in [0.25, 0.3) is 0 Å². The molecule has 0 bridgehead atoms. The average Bonchev–Trinajstić information content (AvgIpc) is 2.73. The van der Waals surface area contributed by atoms with Gasteiger partial charge in [-0.05, 0) is 43.9 Å². The molecule has 0 radical (unpaired) electrons. The molecule has 0 aromatic heterocycles. The first kappa shape index (κ1) is 9.97. The number of halogens is 1. The molecule has 2 heteroatoms. The molecule has 2 fully saturated rings. The van der Waals surface area contributed by atoms with E-state index < -0.39 is 0 Å². The van der Waals surface area contributed by atoms with E-state index >= 15 is 0 Å². The summed E-state index contributed by atoms with van der Waals surface area (Å²) in [6.45, 7) is 3.30. The molecule has 2 atom stereocenters. The highest BCUT2D eigenvalue weighted by molar-refractivity contribution is 9.09. The van der Waals surface area contributed by atoms with Crippen molar-refractivity contribution in [2.24, 2.45) is 5.41 Å². The lowest BCUT2D eigenvalue weighted by molar-refractivity contribution is 0.0968. The highest BCUT2D eigenvalue weighted by Crippen LogP contribution is 2.55. The normalized spacial score (nSPS) is 33.2. The van der Waals surface area contributed by atoms with Crippen LogP contribution in [0.4, 0.5) is 0 Å². The third kappa shape index (κ3) is 2.27. The second-order valence-electron chi connectivity index (χ2n) is 4.65. The molecule has 0 N–H and O–H groups in total. The molecule has 0 amide bonds. The maximum Gasteiger partial charge on any atom is 0.0576 e. The van der Waals surface area contributed by atoms with Crippen LogP contribution in [0.15, 0.2) is 0 Å². The summed E-state index contributed by atoms with van der Waals surface area (Å²) in [5.41, 5.74) is 0.645. The Kier molecular flexibility index (Phi) is 2.99. The van der Waals surface area contributed by atoms with Crippen molar-refractivity contribution >= 4 is 15.9 Å². The van der Waals surface area contributed by atoms with Crippen LogP contribution >= 0.6 is 15.9 Å². The van der Waals surface area contributed by atoms with Crippen molar-refractivity contribution in [2.45, 2.75) is 56.4 Å². The summed E-state index contributed by atoms with van der Waals surface area (Å²) in [4.78, 5) is 0.696. The third-order valence-corrected chi connectivity index (χ3v) is 4.70. The Morgan fingerprint density at radius 1 is 1.54 bits per heavy atom. The molecular weight excluding hydrogens is 228 g/mol. The van der Waals surface area contributed by atoms with E-state index in [1.165, 1.54) is 38.5 Å². The van der Waals surface area contributed by atoms with Crippen LogP contribution in [0, 0.1) is 5.41 Å². The van der Waals surface area contributed by atoms with Gasteiger partial charge in [-0.15, -0.1) is 0 Å². The minimum atomic E-state index is 0.587. The number of alkyl halides is 1. The molecule has 1 saturated carbocycles. The van der Waals surface area contributed by atoms with Gasteiger partial charge in [0.2, 0.25) is 0 Å². The molecule has 1 aliphatic heterocycles. The Morgan fingerprint density at radius 2 is 2.31 bits per heavy atom. The minimum Gasteiger partial charge on any atom is -0.378 e. The van der Waals surface area contributed by atoms with Gasteiger partial charge in [0, 0.05) is 11.4 Å².